The quantitative estimate of drug-likeness (QED) is 0.878. The lowest BCUT2D eigenvalue weighted by atomic mass is 9.94. The molecule has 2 N–H and O–H groups in total. The average Bonchev–Trinajstić information content (AvgIpc) is 3.26. The lowest BCUT2D eigenvalue weighted by molar-refractivity contribution is 0.231. The molecule has 1 fully saturated rings. The summed E-state index contributed by atoms with van der Waals surface area (Å²) in [4.78, 5) is 16.3. The number of hydrogen-bond acceptors (Lipinski definition) is 3. The molecule has 5 heteroatoms. The van der Waals surface area contributed by atoms with E-state index in [0.29, 0.717) is 0 Å². The summed E-state index contributed by atoms with van der Waals surface area (Å²) in [5.74, 6) is 0. The van der Waals surface area contributed by atoms with Crippen molar-refractivity contribution in [1.29, 1.82) is 0 Å². The van der Waals surface area contributed by atoms with E-state index in [2.05, 4.69) is 51.2 Å². The molecule has 1 aromatic heterocycles. The molecule has 1 aliphatic carbocycles. The van der Waals surface area contributed by atoms with E-state index < -0.39 is 0 Å². The summed E-state index contributed by atoms with van der Waals surface area (Å²) < 4.78 is 0. The maximum absolute atomic E-state index is 12.4. The second-order valence-corrected chi connectivity index (χ2v) is 8.07. The van der Waals surface area contributed by atoms with Crippen LogP contribution >= 0.6 is 11.3 Å². The fraction of sp³-hybridized carbons (Fsp3) is 0.450. The zero-order chi connectivity index (χ0) is 17.1. The Balaban J connectivity index is 1.27. The normalized spacial score (nSPS) is 23.2. The largest absolute Gasteiger partial charge is 0.334 e. The minimum absolute atomic E-state index is 0.0180. The molecule has 2 amide bonds. The van der Waals surface area contributed by atoms with Crippen molar-refractivity contribution in [2.75, 3.05) is 13.1 Å². The predicted octanol–water partition coefficient (Wildman–Crippen LogP) is 3.70. The molecule has 2 atom stereocenters. The van der Waals surface area contributed by atoms with Gasteiger partial charge in [0, 0.05) is 30.6 Å². The Morgan fingerprint density at radius 3 is 2.92 bits per heavy atom. The van der Waals surface area contributed by atoms with Crippen LogP contribution in [0.5, 0.6) is 0 Å². The first kappa shape index (κ1) is 16.6. The van der Waals surface area contributed by atoms with Gasteiger partial charge in [-0.25, -0.2) is 4.79 Å². The second-order valence-electron chi connectivity index (χ2n) is 7.07. The number of carbonyl (C=O) groups is 1. The van der Waals surface area contributed by atoms with E-state index in [9.17, 15) is 4.79 Å². The third kappa shape index (κ3) is 4.05. The summed E-state index contributed by atoms with van der Waals surface area (Å²) in [6.07, 6.45) is 4.38. The first-order chi connectivity index (χ1) is 12.3. The predicted molar refractivity (Wildman–Crippen MR) is 102 cm³/mol. The molecule has 2 aromatic rings. The molecular formula is C20H25N3OS. The molecule has 0 bridgehead atoms. The van der Waals surface area contributed by atoms with Crippen molar-refractivity contribution in [3.8, 4) is 0 Å². The molecule has 0 saturated carbocycles. The molecule has 2 heterocycles. The van der Waals surface area contributed by atoms with Gasteiger partial charge in [0.2, 0.25) is 0 Å². The molecule has 25 heavy (non-hydrogen) atoms. The zero-order valence-corrected chi connectivity index (χ0v) is 15.2. The van der Waals surface area contributed by atoms with Gasteiger partial charge < -0.3 is 10.6 Å². The fourth-order valence-electron chi connectivity index (χ4n) is 3.96. The minimum Gasteiger partial charge on any atom is -0.334 e. The number of rotatable bonds is 4. The Bertz CT molecular complexity index is 715. The van der Waals surface area contributed by atoms with E-state index in [1.807, 2.05) is 17.4 Å². The van der Waals surface area contributed by atoms with Crippen molar-refractivity contribution in [3.05, 3.63) is 57.8 Å². The maximum Gasteiger partial charge on any atom is 0.315 e. The molecule has 0 radical (unpaired) electrons. The summed E-state index contributed by atoms with van der Waals surface area (Å²) in [5, 5.41) is 8.51. The number of amides is 2. The second kappa shape index (κ2) is 7.58. The Hall–Kier alpha value is -1.85. The topological polar surface area (TPSA) is 44.4 Å². The number of nitrogens with zero attached hydrogens (tertiary/aromatic N) is 1. The van der Waals surface area contributed by atoms with Gasteiger partial charge in [-0.3, -0.25) is 4.90 Å². The number of likely N-dealkylation sites (tertiary alicyclic amines) is 1. The summed E-state index contributed by atoms with van der Waals surface area (Å²) in [5.41, 5.74) is 2.66. The first-order valence-electron chi connectivity index (χ1n) is 9.17. The van der Waals surface area contributed by atoms with Crippen molar-refractivity contribution in [2.45, 2.75) is 44.3 Å². The van der Waals surface area contributed by atoms with Gasteiger partial charge in [-0.15, -0.1) is 11.3 Å². The number of urea groups is 1. The van der Waals surface area contributed by atoms with Gasteiger partial charge in [-0.2, -0.15) is 0 Å². The van der Waals surface area contributed by atoms with E-state index >= 15 is 0 Å². The number of aryl methyl sites for hydroxylation is 1. The standard InChI is InChI=1S/C20H25N3OS/c24-20(22-18-7-4-8-19-17(18)10-12-25-19)21-16-9-11-23(14-16)13-15-5-2-1-3-6-15/h1-3,5-6,10,12,16,18H,4,7-9,11,13-14H2,(H2,21,22,24). The van der Waals surface area contributed by atoms with Crippen LogP contribution in [0.4, 0.5) is 4.79 Å². The van der Waals surface area contributed by atoms with E-state index in [4.69, 9.17) is 0 Å². The van der Waals surface area contributed by atoms with Gasteiger partial charge in [0.1, 0.15) is 0 Å². The van der Waals surface area contributed by atoms with Crippen LogP contribution in [0.1, 0.15) is 41.3 Å². The molecule has 1 saturated heterocycles. The molecule has 2 aliphatic rings. The highest BCUT2D eigenvalue weighted by molar-refractivity contribution is 7.10. The van der Waals surface area contributed by atoms with Crippen molar-refractivity contribution < 1.29 is 4.79 Å². The Labute approximate surface area is 153 Å². The monoisotopic (exact) mass is 355 g/mol. The lowest BCUT2D eigenvalue weighted by Gasteiger charge is -2.25. The number of fused-ring (bicyclic) bond motifs is 1. The van der Waals surface area contributed by atoms with Gasteiger partial charge in [0.25, 0.3) is 0 Å². The molecule has 132 valence electrons. The van der Waals surface area contributed by atoms with Crippen LogP contribution in [0.15, 0.2) is 41.8 Å². The lowest BCUT2D eigenvalue weighted by Crippen LogP contribution is -2.45. The summed E-state index contributed by atoms with van der Waals surface area (Å²) >= 11 is 1.81. The van der Waals surface area contributed by atoms with E-state index in [1.54, 1.807) is 0 Å². The Morgan fingerprint density at radius 1 is 1.16 bits per heavy atom. The smallest absolute Gasteiger partial charge is 0.315 e. The zero-order valence-electron chi connectivity index (χ0n) is 14.4. The van der Waals surface area contributed by atoms with Crippen molar-refractivity contribution in [3.63, 3.8) is 0 Å². The highest BCUT2D eigenvalue weighted by Crippen LogP contribution is 2.33. The van der Waals surface area contributed by atoms with Crippen molar-refractivity contribution in [2.24, 2.45) is 0 Å². The molecule has 2 unspecified atom stereocenters. The van der Waals surface area contributed by atoms with Gasteiger partial charge >= 0.3 is 6.03 Å². The highest BCUT2D eigenvalue weighted by atomic mass is 32.1. The average molecular weight is 356 g/mol. The van der Waals surface area contributed by atoms with Gasteiger partial charge in [-0.1, -0.05) is 30.3 Å². The number of carbonyl (C=O) groups excluding carboxylic acids is 1. The SMILES string of the molecule is O=C(NC1CCN(Cc2ccccc2)C1)NC1CCCc2sccc21. The summed E-state index contributed by atoms with van der Waals surface area (Å²) in [6, 6.07) is 13.1. The molecule has 1 aromatic carbocycles. The highest BCUT2D eigenvalue weighted by Gasteiger charge is 2.26. The Kier molecular flexibility index (Phi) is 5.04. The molecule has 0 spiro atoms. The number of benzene rings is 1. The first-order valence-corrected chi connectivity index (χ1v) is 10.1. The third-order valence-electron chi connectivity index (χ3n) is 5.21. The number of nitrogens with one attached hydrogen (secondary N) is 2. The van der Waals surface area contributed by atoms with Crippen molar-refractivity contribution in [1.82, 2.24) is 15.5 Å². The molecule has 4 rings (SSSR count). The maximum atomic E-state index is 12.4. The van der Waals surface area contributed by atoms with Crippen LogP contribution in [0.2, 0.25) is 0 Å². The summed E-state index contributed by atoms with van der Waals surface area (Å²) in [7, 11) is 0. The molecule has 1 aliphatic heterocycles. The van der Waals surface area contributed by atoms with Crippen LogP contribution < -0.4 is 10.6 Å². The summed E-state index contributed by atoms with van der Waals surface area (Å²) in [6.45, 7) is 2.93. The molecule has 4 nitrogen and oxygen atoms in total. The minimum atomic E-state index is -0.0180. The van der Waals surface area contributed by atoms with Gasteiger partial charge in [-0.05, 0) is 48.3 Å². The number of hydrogen-bond donors (Lipinski definition) is 2. The van der Waals surface area contributed by atoms with Gasteiger partial charge in [0.05, 0.1) is 6.04 Å². The van der Waals surface area contributed by atoms with Crippen LogP contribution in [0, 0.1) is 0 Å². The number of thiophene rings is 1. The van der Waals surface area contributed by atoms with Crippen molar-refractivity contribution >= 4 is 17.4 Å². The van der Waals surface area contributed by atoms with Gasteiger partial charge in [0.15, 0.2) is 0 Å². The fourth-order valence-corrected chi connectivity index (χ4v) is 4.94. The molecular weight excluding hydrogens is 330 g/mol. The van der Waals surface area contributed by atoms with Crippen LogP contribution in [0.25, 0.3) is 0 Å². The third-order valence-corrected chi connectivity index (χ3v) is 6.21. The van der Waals surface area contributed by atoms with E-state index in [0.717, 1.165) is 45.3 Å². The van der Waals surface area contributed by atoms with Crippen LogP contribution in [-0.2, 0) is 13.0 Å². The van der Waals surface area contributed by atoms with Crippen LogP contribution in [-0.4, -0.2) is 30.1 Å². The van der Waals surface area contributed by atoms with E-state index in [-0.39, 0.29) is 18.1 Å². The Morgan fingerprint density at radius 2 is 2.04 bits per heavy atom. The van der Waals surface area contributed by atoms with E-state index in [1.165, 1.54) is 16.0 Å². The van der Waals surface area contributed by atoms with Crippen LogP contribution in [0.3, 0.4) is 0 Å².